The molecule has 2 nitrogen and oxygen atoms in total. The van der Waals surface area contributed by atoms with E-state index in [2.05, 4.69) is 28.9 Å². The van der Waals surface area contributed by atoms with Gasteiger partial charge in [0, 0.05) is 23.6 Å². The number of halogens is 1. The van der Waals surface area contributed by atoms with Gasteiger partial charge in [-0.2, -0.15) is 0 Å². The summed E-state index contributed by atoms with van der Waals surface area (Å²) in [4.78, 5) is 0. The summed E-state index contributed by atoms with van der Waals surface area (Å²) >= 11 is 3.52. The Bertz CT molecular complexity index is 315. The van der Waals surface area contributed by atoms with E-state index in [4.69, 9.17) is 4.74 Å². The van der Waals surface area contributed by atoms with Gasteiger partial charge >= 0.3 is 0 Å². The van der Waals surface area contributed by atoms with E-state index in [9.17, 15) is 5.11 Å². The van der Waals surface area contributed by atoms with Gasteiger partial charge in [-0.05, 0) is 24.5 Å². The molecule has 1 aromatic rings. The van der Waals surface area contributed by atoms with E-state index in [-0.39, 0.29) is 12.5 Å². The van der Waals surface area contributed by atoms with Crippen LogP contribution in [0.1, 0.15) is 37.7 Å². The van der Waals surface area contributed by atoms with Gasteiger partial charge in [-0.25, -0.2) is 0 Å². The first-order valence-electron chi connectivity index (χ1n) is 6.22. The summed E-state index contributed by atoms with van der Waals surface area (Å²) in [6, 6.07) is 8.05. The third-order valence-electron chi connectivity index (χ3n) is 2.82. The molecule has 0 amide bonds. The fourth-order valence-corrected chi connectivity index (χ4v) is 2.33. The molecule has 1 unspecified atom stereocenters. The maximum atomic E-state index is 9.43. The lowest BCUT2D eigenvalue weighted by molar-refractivity contribution is 0.116. The van der Waals surface area contributed by atoms with Gasteiger partial charge in [-0.1, -0.05) is 47.5 Å². The Morgan fingerprint density at radius 1 is 1.29 bits per heavy atom. The molecule has 0 fully saturated rings. The highest BCUT2D eigenvalue weighted by Gasteiger charge is 2.12. The summed E-state index contributed by atoms with van der Waals surface area (Å²) in [7, 11) is 0. The molecular weight excluding hydrogens is 280 g/mol. The van der Waals surface area contributed by atoms with Crippen LogP contribution < -0.4 is 0 Å². The van der Waals surface area contributed by atoms with Crippen LogP contribution in [-0.4, -0.2) is 24.9 Å². The van der Waals surface area contributed by atoms with Crippen LogP contribution in [0.3, 0.4) is 0 Å². The first-order valence-corrected chi connectivity index (χ1v) is 7.02. The molecule has 3 heteroatoms. The lowest BCUT2D eigenvalue weighted by Crippen LogP contribution is -2.09. The van der Waals surface area contributed by atoms with Crippen molar-refractivity contribution in [2.45, 2.75) is 32.1 Å². The van der Waals surface area contributed by atoms with Crippen molar-refractivity contribution in [1.29, 1.82) is 0 Å². The van der Waals surface area contributed by atoms with Crippen molar-refractivity contribution in [3.05, 3.63) is 34.3 Å². The second-order valence-corrected chi connectivity index (χ2v) is 5.01. The highest BCUT2D eigenvalue weighted by Crippen LogP contribution is 2.26. The van der Waals surface area contributed by atoms with Crippen LogP contribution in [0.4, 0.5) is 0 Å². The number of ether oxygens (including phenoxy) is 1. The zero-order valence-electron chi connectivity index (χ0n) is 10.4. The minimum Gasteiger partial charge on any atom is -0.396 e. The molecule has 0 aromatic heterocycles. The fourth-order valence-electron chi connectivity index (χ4n) is 1.73. The highest BCUT2D eigenvalue weighted by atomic mass is 79.9. The van der Waals surface area contributed by atoms with Crippen LogP contribution in [0.25, 0.3) is 0 Å². The Hall–Kier alpha value is -0.380. The number of rotatable bonds is 8. The first kappa shape index (κ1) is 14.7. The topological polar surface area (TPSA) is 29.5 Å². The molecule has 1 aromatic carbocycles. The first-order chi connectivity index (χ1) is 8.29. The minimum absolute atomic E-state index is 0.159. The lowest BCUT2D eigenvalue weighted by Gasteiger charge is -2.16. The Morgan fingerprint density at radius 3 is 2.71 bits per heavy atom. The van der Waals surface area contributed by atoms with Gasteiger partial charge in [0.1, 0.15) is 0 Å². The van der Waals surface area contributed by atoms with Gasteiger partial charge in [-0.3, -0.25) is 0 Å². The molecular formula is C14H21BrO2. The van der Waals surface area contributed by atoms with Gasteiger partial charge < -0.3 is 9.84 Å². The predicted molar refractivity (Wildman–Crippen MR) is 74.3 cm³/mol. The van der Waals surface area contributed by atoms with Crippen molar-refractivity contribution in [3.8, 4) is 0 Å². The SMILES string of the molecule is CCCCOCCC(CO)c1ccccc1Br. The van der Waals surface area contributed by atoms with Crippen molar-refractivity contribution < 1.29 is 9.84 Å². The van der Waals surface area contributed by atoms with Crippen molar-refractivity contribution in [1.82, 2.24) is 0 Å². The van der Waals surface area contributed by atoms with Gasteiger partial charge in [0.25, 0.3) is 0 Å². The van der Waals surface area contributed by atoms with Gasteiger partial charge in [-0.15, -0.1) is 0 Å². The average Bonchev–Trinajstić information content (AvgIpc) is 2.35. The van der Waals surface area contributed by atoms with E-state index in [1.807, 2.05) is 18.2 Å². The van der Waals surface area contributed by atoms with E-state index in [1.54, 1.807) is 0 Å². The lowest BCUT2D eigenvalue weighted by atomic mass is 9.97. The number of aliphatic hydroxyl groups is 1. The normalized spacial score (nSPS) is 12.6. The molecule has 0 heterocycles. The van der Waals surface area contributed by atoms with Crippen molar-refractivity contribution in [2.24, 2.45) is 0 Å². The Balaban J connectivity index is 2.41. The van der Waals surface area contributed by atoms with Crippen molar-refractivity contribution >= 4 is 15.9 Å². The molecule has 96 valence electrons. The predicted octanol–water partition coefficient (Wildman–Crippen LogP) is 3.73. The number of hydrogen-bond donors (Lipinski definition) is 1. The fraction of sp³-hybridized carbons (Fsp3) is 0.571. The smallest absolute Gasteiger partial charge is 0.0501 e. The maximum absolute atomic E-state index is 9.43. The third-order valence-corrected chi connectivity index (χ3v) is 3.54. The van der Waals surface area contributed by atoms with E-state index < -0.39 is 0 Å². The molecule has 1 rings (SSSR count). The molecule has 0 bridgehead atoms. The largest absolute Gasteiger partial charge is 0.396 e. The van der Waals surface area contributed by atoms with E-state index >= 15 is 0 Å². The molecule has 0 spiro atoms. The molecule has 1 atom stereocenters. The number of unbranched alkanes of at least 4 members (excludes halogenated alkanes) is 1. The summed E-state index contributed by atoms with van der Waals surface area (Å²) < 4.78 is 6.60. The summed E-state index contributed by atoms with van der Waals surface area (Å²) in [5.74, 6) is 0.159. The summed E-state index contributed by atoms with van der Waals surface area (Å²) in [6.45, 7) is 3.86. The molecule has 1 N–H and O–H groups in total. The summed E-state index contributed by atoms with van der Waals surface area (Å²) in [5, 5.41) is 9.43. The summed E-state index contributed by atoms with van der Waals surface area (Å²) in [5.41, 5.74) is 1.16. The standard InChI is InChI=1S/C14H21BrO2/c1-2-3-9-17-10-8-12(11-16)13-6-4-5-7-14(13)15/h4-7,12,16H,2-3,8-11H2,1H3. The van der Waals surface area contributed by atoms with Crippen LogP contribution in [-0.2, 0) is 4.74 Å². The monoisotopic (exact) mass is 300 g/mol. The van der Waals surface area contributed by atoms with Crippen LogP contribution in [0, 0.1) is 0 Å². The molecule has 17 heavy (non-hydrogen) atoms. The molecule has 0 radical (unpaired) electrons. The van der Waals surface area contributed by atoms with Crippen LogP contribution >= 0.6 is 15.9 Å². The van der Waals surface area contributed by atoms with E-state index in [1.165, 1.54) is 0 Å². The van der Waals surface area contributed by atoms with Crippen LogP contribution in [0.5, 0.6) is 0 Å². The van der Waals surface area contributed by atoms with Crippen LogP contribution in [0.15, 0.2) is 28.7 Å². The maximum Gasteiger partial charge on any atom is 0.0501 e. The summed E-state index contributed by atoms with van der Waals surface area (Å²) in [6.07, 6.45) is 3.13. The van der Waals surface area contributed by atoms with E-state index in [0.29, 0.717) is 6.61 Å². The van der Waals surface area contributed by atoms with Gasteiger partial charge in [0.2, 0.25) is 0 Å². The number of benzene rings is 1. The Morgan fingerprint density at radius 2 is 2.06 bits per heavy atom. The van der Waals surface area contributed by atoms with Gasteiger partial charge in [0.15, 0.2) is 0 Å². The zero-order valence-corrected chi connectivity index (χ0v) is 11.9. The number of hydrogen-bond acceptors (Lipinski definition) is 2. The van der Waals surface area contributed by atoms with Gasteiger partial charge in [0.05, 0.1) is 6.61 Å². The number of aliphatic hydroxyl groups excluding tert-OH is 1. The Labute approximate surface area is 112 Å². The Kier molecular flexibility index (Phi) is 7.49. The third kappa shape index (κ3) is 5.19. The zero-order chi connectivity index (χ0) is 12.5. The van der Waals surface area contributed by atoms with E-state index in [0.717, 1.165) is 35.9 Å². The van der Waals surface area contributed by atoms with Crippen molar-refractivity contribution in [2.75, 3.05) is 19.8 Å². The molecule has 0 aliphatic heterocycles. The minimum atomic E-state index is 0.159. The molecule has 0 saturated carbocycles. The molecule has 0 aliphatic rings. The van der Waals surface area contributed by atoms with Crippen molar-refractivity contribution in [3.63, 3.8) is 0 Å². The van der Waals surface area contributed by atoms with Crippen LogP contribution in [0.2, 0.25) is 0 Å². The quantitative estimate of drug-likeness (QED) is 0.741. The second kappa shape index (κ2) is 8.67. The second-order valence-electron chi connectivity index (χ2n) is 4.16. The highest BCUT2D eigenvalue weighted by molar-refractivity contribution is 9.10. The molecule has 0 saturated heterocycles. The average molecular weight is 301 g/mol. The molecule has 0 aliphatic carbocycles.